The van der Waals surface area contributed by atoms with Crippen molar-refractivity contribution in [2.45, 2.75) is 32.6 Å². The molecule has 4 nitrogen and oxygen atoms in total. The molecule has 1 saturated heterocycles. The van der Waals surface area contributed by atoms with Crippen molar-refractivity contribution in [1.82, 2.24) is 4.90 Å². The van der Waals surface area contributed by atoms with Gasteiger partial charge in [0.05, 0.1) is 5.41 Å². The number of carboxylic acids is 1. The molecule has 0 aromatic heterocycles. The number of nitrogens with zero attached hydrogens (tertiary/aromatic N) is 1. The third-order valence-corrected chi connectivity index (χ3v) is 3.95. The maximum absolute atomic E-state index is 11.5. The predicted octanol–water partition coefficient (Wildman–Crippen LogP) is 1.11. The van der Waals surface area contributed by atoms with E-state index in [1.54, 1.807) is 4.90 Å². The lowest BCUT2D eigenvalue weighted by molar-refractivity contribution is -0.149. The van der Waals surface area contributed by atoms with E-state index >= 15 is 0 Å². The molecule has 0 unspecified atom stereocenters. The van der Waals surface area contributed by atoms with Gasteiger partial charge in [0, 0.05) is 19.5 Å². The first kappa shape index (κ1) is 10.5. The summed E-state index contributed by atoms with van der Waals surface area (Å²) < 4.78 is 0. The molecule has 2 rings (SSSR count). The monoisotopic (exact) mass is 211 g/mol. The Balaban J connectivity index is 2.18. The summed E-state index contributed by atoms with van der Waals surface area (Å²) in [6.07, 6.45) is 3.16. The van der Waals surface area contributed by atoms with Gasteiger partial charge in [0.25, 0.3) is 0 Å². The van der Waals surface area contributed by atoms with Crippen LogP contribution >= 0.6 is 0 Å². The summed E-state index contributed by atoms with van der Waals surface area (Å²) in [6, 6.07) is 0. The lowest BCUT2D eigenvalue weighted by Gasteiger charge is -2.23. The minimum atomic E-state index is -0.712. The molecule has 0 radical (unpaired) electrons. The molecular weight excluding hydrogens is 194 g/mol. The fourth-order valence-electron chi connectivity index (χ4n) is 3.05. The van der Waals surface area contributed by atoms with Crippen LogP contribution in [-0.2, 0) is 9.59 Å². The average molecular weight is 211 g/mol. The first-order chi connectivity index (χ1) is 7.10. The Morgan fingerprint density at radius 3 is 2.80 bits per heavy atom. The van der Waals surface area contributed by atoms with Crippen LogP contribution in [0.2, 0.25) is 0 Å². The normalized spacial score (nSPS) is 34.2. The first-order valence-corrected chi connectivity index (χ1v) is 5.61. The largest absolute Gasteiger partial charge is 0.481 e. The van der Waals surface area contributed by atoms with Crippen LogP contribution in [0.1, 0.15) is 32.6 Å². The molecule has 0 bridgehead atoms. The van der Waals surface area contributed by atoms with Crippen molar-refractivity contribution in [3.63, 3.8) is 0 Å². The van der Waals surface area contributed by atoms with Crippen LogP contribution in [0.3, 0.4) is 0 Å². The van der Waals surface area contributed by atoms with Gasteiger partial charge in [-0.3, -0.25) is 9.59 Å². The zero-order valence-electron chi connectivity index (χ0n) is 9.03. The highest BCUT2D eigenvalue weighted by Crippen LogP contribution is 2.48. The van der Waals surface area contributed by atoms with Gasteiger partial charge in [-0.25, -0.2) is 0 Å². The molecule has 1 N–H and O–H groups in total. The van der Waals surface area contributed by atoms with Crippen LogP contribution in [0.5, 0.6) is 0 Å². The third kappa shape index (κ3) is 1.43. The number of likely N-dealkylation sites (tertiary alicyclic amines) is 1. The highest BCUT2D eigenvalue weighted by Gasteiger charge is 2.55. The molecule has 0 aromatic carbocycles. The molecule has 2 aliphatic rings. The summed E-state index contributed by atoms with van der Waals surface area (Å²) >= 11 is 0. The summed E-state index contributed by atoms with van der Waals surface area (Å²) in [5.74, 6) is -0.438. The van der Waals surface area contributed by atoms with Crippen LogP contribution in [0.4, 0.5) is 0 Å². The number of aliphatic carboxylic acids is 1. The standard InChI is InChI=1S/C11H17NO3/c1-2-9(13)12-6-8-4-3-5-11(8,7-12)10(14)15/h8H,2-7H2,1H3,(H,14,15)/t8-,11+/m0/s1. The molecule has 1 aliphatic heterocycles. The number of fused-ring (bicyclic) bond motifs is 1. The quantitative estimate of drug-likeness (QED) is 0.744. The Morgan fingerprint density at radius 2 is 2.27 bits per heavy atom. The van der Waals surface area contributed by atoms with Crippen LogP contribution in [0.15, 0.2) is 0 Å². The zero-order valence-corrected chi connectivity index (χ0v) is 9.03. The molecular formula is C11H17NO3. The summed E-state index contributed by atoms with van der Waals surface area (Å²) in [6.45, 7) is 2.91. The van der Waals surface area contributed by atoms with Gasteiger partial charge in [-0.2, -0.15) is 0 Å². The van der Waals surface area contributed by atoms with Gasteiger partial charge in [-0.05, 0) is 18.8 Å². The first-order valence-electron chi connectivity index (χ1n) is 5.61. The van der Waals surface area contributed by atoms with Crippen molar-refractivity contribution >= 4 is 11.9 Å². The van der Waals surface area contributed by atoms with E-state index < -0.39 is 11.4 Å². The Labute approximate surface area is 89.3 Å². The van der Waals surface area contributed by atoms with Gasteiger partial charge in [0.2, 0.25) is 5.91 Å². The number of hydrogen-bond donors (Lipinski definition) is 1. The summed E-state index contributed by atoms with van der Waals surface area (Å²) in [5.41, 5.74) is -0.620. The maximum Gasteiger partial charge on any atom is 0.311 e. The molecule has 84 valence electrons. The van der Waals surface area contributed by atoms with Crippen LogP contribution < -0.4 is 0 Å². The van der Waals surface area contributed by atoms with E-state index in [0.717, 1.165) is 19.3 Å². The number of amides is 1. The Morgan fingerprint density at radius 1 is 1.53 bits per heavy atom. The van der Waals surface area contributed by atoms with Gasteiger partial charge in [0.1, 0.15) is 0 Å². The summed E-state index contributed by atoms with van der Waals surface area (Å²) in [5, 5.41) is 9.31. The van der Waals surface area contributed by atoms with E-state index in [1.165, 1.54) is 0 Å². The Hall–Kier alpha value is -1.06. The van der Waals surface area contributed by atoms with E-state index in [2.05, 4.69) is 0 Å². The van der Waals surface area contributed by atoms with E-state index in [1.807, 2.05) is 6.92 Å². The van der Waals surface area contributed by atoms with Gasteiger partial charge >= 0.3 is 5.97 Å². The summed E-state index contributed by atoms with van der Waals surface area (Å²) in [4.78, 5) is 24.6. The fraction of sp³-hybridized carbons (Fsp3) is 0.818. The molecule has 1 heterocycles. The second kappa shape index (κ2) is 3.51. The highest BCUT2D eigenvalue weighted by molar-refractivity contribution is 5.81. The lowest BCUT2D eigenvalue weighted by Crippen LogP contribution is -2.37. The van der Waals surface area contributed by atoms with E-state index in [9.17, 15) is 14.7 Å². The fourth-order valence-corrected chi connectivity index (χ4v) is 3.05. The second-order valence-corrected chi connectivity index (χ2v) is 4.68. The summed E-state index contributed by atoms with van der Waals surface area (Å²) in [7, 11) is 0. The Bertz CT molecular complexity index is 302. The van der Waals surface area contributed by atoms with Crippen molar-refractivity contribution in [3.8, 4) is 0 Å². The molecule has 1 aliphatic carbocycles. The average Bonchev–Trinajstić information content (AvgIpc) is 2.72. The Kier molecular flexibility index (Phi) is 2.44. The van der Waals surface area contributed by atoms with Gasteiger partial charge < -0.3 is 10.0 Å². The highest BCUT2D eigenvalue weighted by atomic mass is 16.4. The third-order valence-electron chi connectivity index (χ3n) is 3.95. The van der Waals surface area contributed by atoms with Gasteiger partial charge in [-0.15, -0.1) is 0 Å². The minimum Gasteiger partial charge on any atom is -0.481 e. The molecule has 2 atom stereocenters. The minimum absolute atomic E-state index is 0.0880. The van der Waals surface area contributed by atoms with Gasteiger partial charge in [-0.1, -0.05) is 13.3 Å². The molecule has 2 fully saturated rings. The van der Waals surface area contributed by atoms with Crippen molar-refractivity contribution in [1.29, 1.82) is 0 Å². The molecule has 0 spiro atoms. The van der Waals surface area contributed by atoms with Crippen molar-refractivity contribution in [2.24, 2.45) is 11.3 Å². The number of carbonyl (C=O) groups excluding carboxylic acids is 1. The van der Waals surface area contributed by atoms with E-state index in [4.69, 9.17) is 0 Å². The van der Waals surface area contributed by atoms with Gasteiger partial charge in [0.15, 0.2) is 0 Å². The second-order valence-electron chi connectivity index (χ2n) is 4.68. The van der Waals surface area contributed by atoms with Crippen molar-refractivity contribution in [3.05, 3.63) is 0 Å². The van der Waals surface area contributed by atoms with Crippen LogP contribution in [-0.4, -0.2) is 35.0 Å². The smallest absolute Gasteiger partial charge is 0.311 e. The van der Waals surface area contributed by atoms with Crippen molar-refractivity contribution < 1.29 is 14.7 Å². The lowest BCUT2D eigenvalue weighted by atomic mass is 9.81. The van der Waals surface area contributed by atoms with E-state index in [-0.39, 0.29) is 11.8 Å². The predicted molar refractivity (Wildman–Crippen MR) is 54.3 cm³/mol. The molecule has 0 aromatic rings. The van der Waals surface area contributed by atoms with Crippen LogP contribution in [0, 0.1) is 11.3 Å². The number of rotatable bonds is 2. The number of hydrogen-bond acceptors (Lipinski definition) is 2. The molecule has 1 saturated carbocycles. The number of carboxylic acid groups (broad SMARTS) is 1. The molecule has 15 heavy (non-hydrogen) atoms. The SMILES string of the molecule is CCC(=O)N1C[C@@H]2CCC[C@@]2(C(=O)O)C1. The molecule has 1 amide bonds. The maximum atomic E-state index is 11.5. The zero-order chi connectivity index (χ0) is 11.1. The number of carbonyl (C=O) groups is 2. The van der Waals surface area contributed by atoms with Crippen molar-refractivity contribution in [2.75, 3.05) is 13.1 Å². The van der Waals surface area contributed by atoms with E-state index in [0.29, 0.717) is 19.5 Å². The topological polar surface area (TPSA) is 57.6 Å². The molecule has 4 heteroatoms. The van der Waals surface area contributed by atoms with Crippen LogP contribution in [0.25, 0.3) is 0 Å².